The number of rotatable bonds is 22. The smallest absolute Gasteiger partial charge is 0.349 e. The lowest BCUT2D eigenvalue weighted by Crippen LogP contribution is -2.72. The van der Waals surface area contributed by atoms with E-state index in [2.05, 4.69) is 97.6 Å². The van der Waals surface area contributed by atoms with E-state index in [-0.39, 0.29) is 61.3 Å². The molecule has 16 heteroatoms. The van der Waals surface area contributed by atoms with Gasteiger partial charge in [-0.2, -0.15) is 0 Å². The van der Waals surface area contributed by atoms with Gasteiger partial charge in [0, 0.05) is 28.1 Å². The number of fused-ring (bicyclic) bond motifs is 1. The van der Waals surface area contributed by atoms with Crippen molar-refractivity contribution < 1.29 is 51.2 Å². The zero-order valence-electron chi connectivity index (χ0n) is 45.0. The fraction of sp³-hybridized carbons (Fsp3) is 0.579. The average Bonchev–Trinajstić information content (AvgIpc) is 3.36. The van der Waals surface area contributed by atoms with E-state index in [1.807, 2.05) is 109 Å². The Morgan fingerprint density at radius 2 is 1.04 bits per heavy atom. The molecule has 73 heavy (non-hydrogen) atoms. The Kier molecular flexibility index (Phi) is 19.8. The van der Waals surface area contributed by atoms with E-state index < -0.39 is 78.3 Å². The summed E-state index contributed by atoms with van der Waals surface area (Å²) in [6, 6.07) is 40.3. The van der Waals surface area contributed by atoms with Crippen LogP contribution in [0.2, 0.25) is 28.2 Å². The first kappa shape index (κ1) is 56.9. The highest BCUT2D eigenvalue weighted by atomic mass is 28.4. The summed E-state index contributed by atoms with van der Waals surface area (Å²) >= 11 is 0. The minimum absolute atomic E-state index is 0.111. The maximum absolute atomic E-state index is 9.06. The molecule has 3 aliphatic rings. The first-order valence-electron chi connectivity index (χ1n) is 26.0. The average molecular weight is 1040 g/mol. The molecule has 398 valence electrons. The number of benzene rings is 4. The fourth-order valence-corrected chi connectivity index (χ4v) is 15.7. The van der Waals surface area contributed by atoms with Gasteiger partial charge in [-0.15, -0.1) is 0 Å². The lowest BCUT2D eigenvalue weighted by atomic mass is 9.96. The molecular formula is C57H81N3O11Si2. The molecule has 0 unspecified atom stereocenters. The van der Waals surface area contributed by atoms with Crippen molar-refractivity contribution in [3.05, 3.63) is 154 Å². The van der Waals surface area contributed by atoms with E-state index in [0.717, 1.165) is 22.3 Å². The predicted molar refractivity (Wildman–Crippen MR) is 286 cm³/mol. The van der Waals surface area contributed by atoms with Crippen molar-refractivity contribution in [2.45, 2.75) is 185 Å². The second kappa shape index (κ2) is 25.3. The Labute approximate surface area is 436 Å². The molecule has 0 aromatic heterocycles. The standard InChI is InChI=1S/C57H81N3O11Si2/c1-55(2,3)72(10,11)66-39-45-47(49(62-35-41-25-16-12-17-26-41)51(64-37-43-29-20-14-21-30-43)53(68-45)61-34-24-33-59-60-58)70-54-52(65-38-44-31-22-15-23-32-44)50(63-36-42-27-18-13-19-28-42)48-46(69-54)40-67-73(71-48,56(4,5)6)57(7,8)9/h12-23,25-32,45-54H,24,33-40H2,1-11H3/t45-,46-,47+,48+,49-,50-,51-,52-,53+,54-/m0/s1. The fourth-order valence-electron chi connectivity index (χ4n) is 9.75. The molecule has 0 N–H and O–H groups in total. The minimum atomic E-state index is -3.07. The Morgan fingerprint density at radius 1 is 0.589 bits per heavy atom. The van der Waals surface area contributed by atoms with Gasteiger partial charge in [0.1, 0.15) is 48.8 Å². The van der Waals surface area contributed by atoms with Crippen LogP contribution in [0.1, 0.15) is 91.0 Å². The molecule has 14 nitrogen and oxygen atoms in total. The molecule has 0 bridgehead atoms. The molecule has 4 aromatic rings. The van der Waals surface area contributed by atoms with E-state index in [0.29, 0.717) is 13.0 Å². The topological polar surface area (TPSA) is 150 Å². The third kappa shape index (κ3) is 14.6. The SMILES string of the molecule is CC(C)(C)[Si](C)(C)OC[C@@H]1O[C@@H](OCCCN=[N+]=[N-])[C@@H](OCc2ccccc2)[C@@H](OCc2ccccc2)[C@@H]1O[C@@H]1O[C@H]2CO[Si](C(C)(C)C)(C(C)(C)C)O[C@H]2[C@H](OCc2ccccc2)[C@@H]1OCc1ccccc1. The quantitative estimate of drug-likeness (QED) is 0.0243. The van der Waals surface area contributed by atoms with E-state index in [4.69, 9.17) is 56.7 Å². The van der Waals surface area contributed by atoms with Gasteiger partial charge in [-0.1, -0.05) is 189 Å². The second-order valence-corrected chi connectivity index (χ2v) is 32.6. The summed E-state index contributed by atoms with van der Waals surface area (Å²) in [6.45, 7) is 26.3. The van der Waals surface area contributed by atoms with Crippen molar-refractivity contribution in [1.29, 1.82) is 0 Å². The van der Waals surface area contributed by atoms with E-state index >= 15 is 0 Å². The molecular weight excluding hydrogens is 959 g/mol. The Balaban J connectivity index is 1.34. The van der Waals surface area contributed by atoms with Gasteiger partial charge in [0.25, 0.3) is 0 Å². The van der Waals surface area contributed by atoms with Crippen molar-refractivity contribution in [2.24, 2.45) is 5.11 Å². The molecule has 7 rings (SSSR count). The van der Waals surface area contributed by atoms with Gasteiger partial charge in [-0.05, 0) is 52.3 Å². The zero-order chi connectivity index (χ0) is 52.3. The molecule has 3 aliphatic heterocycles. The number of hydrogen-bond donors (Lipinski definition) is 0. The van der Waals surface area contributed by atoms with Gasteiger partial charge < -0.3 is 51.2 Å². The molecule has 3 saturated heterocycles. The lowest BCUT2D eigenvalue weighted by Gasteiger charge is -2.58. The molecule has 0 saturated carbocycles. The summed E-state index contributed by atoms with van der Waals surface area (Å²) in [4.78, 5) is 2.95. The van der Waals surface area contributed by atoms with Crippen molar-refractivity contribution in [1.82, 2.24) is 0 Å². The molecule has 0 radical (unpaired) electrons. The molecule has 0 amide bonds. The Morgan fingerprint density at radius 3 is 1.49 bits per heavy atom. The zero-order valence-corrected chi connectivity index (χ0v) is 47.0. The lowest BCUT2D eigenvalue weighted by molar-refractivity contribution is -0.376. The van der Waals surface area contributed by atoms with E-state index in [1.54, 1.807) is 0 Å². The Bertz CT molecular complexity index is 2300. The van der Waals surface area contributed by atoms with Crippen LogP contribution in [-0.4, -0.2) is 105 Å². The molecule has 4 aromatic carbocycles. The van der Waals surface area contributed by atoms with Crippen LogP contribution in [0.4, 0.5) is 0 Å². The van der Waals surface area contributed by atoms with Gasteiger partial charge in [-0.3, -0.25) is 0 Å². The minimum Gasteiger partial charge on any atom is -0.414 e. The molecule has 10 atom stereocenters. The van der Waals surface area contributed by atoms with Crippen LogP contribution in [0.3, 0.4) is 0 Å². The molecule has 3 fully saturated rings. The summed E-state index contributed by atoms with van der Waals surface area (Å²) in [5.41, 5.74) is 13.0. The third-order valence-corrected chi connectivity index (χ3v) is 24.1. The van der Waals surface area contributed by atoms with E-state index in [1.165, 1.54) is 0 Å². The number of nitrogens with zero attached hydrogens (tertiary/aromatic N) is 3. The van der Waals surface area contributed by atoms with Crippen LogP contribution in [0.25, 0.3) is 10.4 Å². The van der Waals surface area contributed by atoms with Gasteiger partial charge in [0.15, 0.2) is 20.9 Å². The van der Waals surface area contributed by atoms with Crippen molar-refractivity contribution in [3.63, 3.8) is 0 Å². The van der Waals surface area contributed by atoms with Crippen molar-refractivity contribution in [2.75, 3.05) is 26.4 Å². The molecule has 0 aliphatic carbocycles. The maximum atomic E-state index is 9.06. The monoisotopic (exact) mass is 1040 g/mol. The van der Waals surface area contributed by atoms with Crippen molar-refractivity contribution >= 4 is 16.9 Å². The van der Waals surface area contributed by atoms with Gasteiger partial charge in [0.2, 0.25) is 0 Å². The number of hydrogen-bond acceptors (Lipinski definition) is 12. The van der Waals surface area contributed by atoms with Gasteiger partial charge >= 0.3 is 8.56 Å². The first-order valence-corrected chi connectivity index (χ1v) is 30.7. The van der Waals surface area contributed by atoms with Crippen LogP contribution >= 0.6 is 0 Å². The number of azide groups is 1. The summed E-state index contributed by atoms with van der Waals surface area (Å²) in [5.74, 6) is 0. The second-order valence-electron chi connectivity index (χ2n) is 23.0. The van der Waals surface area contributed by atoms with Crippen LogP contribution in [0, 0.1) is 0 Å². The molecule has 0 spiro atoms. The summed E-state index contributed by atoms with van der Waals surface area (Å²) in [5, 5.41) is 3.01. The predicted octanol–water partition coefficient (Wildman–Crippen LogP) is 12.4. The summed E-state index contributed by atoms with van der Waals surface area (Å²) < 4.78 is 78.6. The third-order valence-electron chi connectivity index (χ3n) is 14.5. The van der Waals surface area contributed by atoms with Gasteiger partial charge in [0.05, 0.1) is 39.6 Å². The highest BCUT2D eigenvalue weighted by Crippen LogP contribution is 2.55. The van der Waals surface area contributed by atoms with Crippen LogP contribution in [-0.2, 0) is 77.6 Å². The van der Waals surface area contributed by atoms with Crippen LogP contribution in [0.15, 0.2) is 126 Å². The van der Waals surface area contributed by atoms with Gasteiger partial charge in [-0.25, -0.2) is 0 Å². The van der Waals surface area contributed by atoms with Crippen LogP contribution < -0.4 is 0 Å². The Hall–Kier alpha value is -3.82. The first-order chi connectivity index (χ1) is 34.8. The largest absolute Gasteiger partial charge is 0.414 e. The highest BCUT2D eigenvalue weighted by molar-refractivity contribution is 6.74. The highest BCUT2D eigenvalue weighted by Gasteiger charge is 2.65. The van der Waals surface area contributed by atoms with E-state index in [9.17, 15) is 0 Å². The number of ether oxygens (including phenoxy) is 8. The maximum Gasteiger partial charge on any atom is 0.349 e. The van der Waals surface area contributed by atoms with Crippen LogP contribution in [0.5, 0.6) is 0 Å². The summed E-state index contributed by atoms with van der Waals surface area (Å²) in [7, 11) is -5.46. The van der Waals surface area contributed by atoms with Crippen molar-refractivity contribution in [3.8, 4) is 0 Å². The summed E-state index contributed by atoms with van der Waals surface area (Å²) in [6.07, 6.45) is -7.46. The molecule has 3 heterocycles. The normalized spacial score (nSPS) is 26.7.